The fourth-order valence-electron chi connectivity index (χ4n) is 1.97. The molecule has 0 fully saturated rings. The molecule has 100 valence electrons. The zero-order valence-corrected chi connectivity index (χ0v) is 11.8. The number of nitrogens with zero attached hydrogens (tertiary/aromatic N) is 2. The van der Waals surface area contributed by atoms with Crippen molar-refractivity contribution in [2.45, 2.75) is 13.8 Å². The Labute approximate surface area is 120 Å². The summed E-state index contributed by atoms with van der Waals surface area (Å²) in [5.41, 5.74) is 4.76. The minimum Gasteiger partial charge on any atom is -0.265 e. The minimum atomic E-state index is 1.18. The molecule has 0 amide bonds. The summed E-state index contributed by atoms with van der Waals surface area (Å²) >= 11 is 0. The predicted octanol–water partition coefficient (Wildman–Crippen LogP) is 4.84. The van der Waals surface area contributed by atoms with Gasteiger partial charge in [0.15, 0.2) is 0 Å². The van der Waals surface area contributed by atoms with E-state index in [1.54, 1.807) is 0 Å². The van der Waals surface area contributed by atoms with Gasteiger partial charge in [-0.15, -0.1) is 0 Å². The lowest BCUT2D eigenvalue weighted by molar-refractivity contribution is 1.33. The third-order valence-corrected chi connectivity index (χ3v) is 2.89. The van der Waals surface area contributed by atoms with Gasteiger partial charge < -0.3 is 0 Å². The molecule has 3 rings (SSSR count). The summed E-state index contributed by atoms with van der Waals surface area (Å²) in [6, 6.07) is 16.6. The highest BCUT2D eigenvalue weighted by molar-refractivity contribution is 5.72. The van der Waals surface area contributed by atoms with Crippen molar-refractivity contribution in [2.75, 3.05) is 0 Å². The van der Waals surface area contributed by atoms with Crippen LogP contribution in [0.25, 0.3) is 22.3 Å². The number of benzene rings is 1. The van der Waals surface area contributed by atoms with Crippen LogP contribution in [0.4, 0.5) is 0 Å². The van der Waals surface area contributed by atoms with E-state index in [0.717, 1.165) is 0 Å². The molecule has 0 aliphatic carbocycles. The van der Waals surface area contributed by atoms with Crippen molar-refractivity contribution >= 4 is 0 Å². The Morgan fingerprint density at radius 1 is 0.550 bits per heavy atom. The average Bonchev–Trinajstić information content (AvgIpc) is 2.58. The Morgan fingerprint density at radius 2 is 0.950 bits per heavy atom. The highest BCUT2D eigenvalue weighted by Crippen LogP contribution is 2.25. The summed E-state index contributed by atoms with van der Waals surface area (Å²) in [5, 5.41) is 0. The minimum absolute atomic E-state index is 1.18. The zero-order valence-electron chi connectivity index (χ0n) is 11.8. The summed E-state index contributed by atoms with van der Waals surface area (Å²) in [6.07, 6.45) is 7.26. The normalized spacial score (nSPS) is 9.50. The quantitative estimate of drug-likeness (QED) is 0.660. The molecule has 1 aromatic carbocycles. The second kappa shape index (κ2) is 7.19. The molecule has 2 heterocycles. The predicted molar refractivity (Wildman–Crippen MR) is 84.3 cm³/mol. The van der Waals surface area contributed by atoms with Gasteiger partial charge in [-0.2, -0.15) is 0 Å². The summed E-state index contributed by atoms with van der Waals surface area (Å²) in [6.45, 7) is 4.00. The van der Waals surface area contributed by atoms with E-state index in [-0.39, 0.29) is 0 Å². The molecule has 2 heteroatoms. The SMILES string of the molecule is CC.c1cc(-c2ccncc2)cc(-c2ccncc2)c1. The van der Waals surface area contributed by atoms with Gasteiger partial charge in [-0.25, -0.2) is 0 Å². The summed E-state index contributed by atoms with van der Waals surface area (Å²) in [5.74, 6) is 0. The second-order valence-electron chi connectivity index (χ2n) is 4.05. The monoisotopic (exact) mass is 262 g/mol. The van der Waals surface area contributed by atoms with Crippen LogP contribution in [-0.2, 0) is 0 Å². The Hall–Kier alpha value is -2.48. The van der Waals surface area contributed by atoms with Crippen molar-refractivity contribution in [1.82, 2.24) is 9.97 Å². The highest BCUT2D eigenvalue weighted by atomic mass is 14.6. The Bertz CT molecular complexity index is 579. The molecule has 2 nitrogen and oxygen atoms in total. The highest BCUT2D eigenvalue weighted by Gasteiger charge is 2.00. The molecule has 0 unspecified atom stereocenters. The van der Waals surface area contributed by atoms with Crippen LogP contribution in [-0.4, -0.2) is 9.97 Å². The number of hydrogen-bond donors (Lipinski definition) is 0. The summed E-state index contributed by atoms with van der Waals surface area (Å²) in [7, 11) is 0. The van der Waals surface area contributed by atoms with Gasteiger partial charge in [0.1, 0.15) is 0 Å². The van der Waals surface area contributed by atoms with Crippen LogP contribution in [0, 0.1) is 0 Å². The van der Waals surface area contributed by atoms with Gasteiger partial charge in [0.05, 0.1) is 0 Å². The third-order valence-electron chi connectivity index (χ3n) is 2.89. The van der Waals surface area contributed by atoms with E-state index in [2.05, 4.69) is 34.2 Å². The Balaban J connectivity index is 0.000000704. The summed E-state index contributed by atoms with van der Waals surface area (Å²) in [4.78, 5) is 8.09. The maximum Gasteiger partial charge on any atom is 0.0273 e. The zero-order chi connectivity index (χ0) is 14.2. The van der Waals surface area contributed by atoms with E-state index in [0.29, 0.717) is 0 Å². The molecule has 0 spiro atoms. The first-order chi connectivity index (χ1) is 9.93. The number of hydrogen-bond acceptors (Lipinski definition) is 2. The summed E-state index contributed by atoms with van der Waals surface area (Å²) < 4.78 is 0. The lowest BCUT2D eigenvalue weighted by atomic mass is 10.0. The molecule has 0 atom stereocenters. The van der Waals surface area contributed by atoms with Crippen LogP contribution < -0.4 is 0 Å². The largest absolute Gasteiger partial charge is 0.265 e. The van der Waals surface area contributed by atoms with E-state index < -0.39 is 0 Å². The Kier molecular flexibility index (Phi) is 5.01. The topological polar surface area (TPSA) is 25.8 Å². The van der Waals surface area contributed by atoms with Gasteiger partial charge in [-0.05, 0) is 52.6 Å². The van der Waals surface area contributed by atoms with Crippen molar-refractivity contribution in [2.24, 2.45) is 0 Å². The van der Waals surface area contributed by atoms with Gasteiger partial charge in [-0.1, -0.05) is 32.0 Å². The van der Waals surface area contributed by atoms with Gasteiger partial charge in [0.2, 0.25) is 0 Å². The molecule has 0 aliphatic rings. The van der Waals surface area contributed by atoms with E-state index in [9.17, 15) is 0 Å². The van der Waals surface area contributed by atoms with E-state index >= 15 is 0 Å². The van der Waals surface area contributed by atoms with Crippen LogP contribution in [0.15, 0.2) is 73.3 Å². The van der Waals surface area contributed by atoms with Crippen LogP contribution in [0.5, 0.6) is 0 Å². The fraction of sp³-hybridized carbons (Fsp3) is 0.111. The molecule has 0 saturated heterocycles. The molecule has 2 aromatic heterocycles. The van der Waals surface area contributed by atoms with Gasteiger partial charge in [-0.3, -0.25) is 9.97 Å². The van der Waals surface area contributed by atoms with Gasteiger partial charge in [0, 0.05) is 24.8 Å². The van der Waals surface area contributed by atoms with Crippen molar-refractivity contribution in [3.8, 4) is 22.3 Å². The maximum atomic E-state index is 4.04. The van der Waals surface area contributed by atoms with E-state index in [4.69, 9.17) is 0 Å². The molecule has 20 heavy (non-hydrogen) atoms. The third kappa shape index (κ3) is 3.29. The van der Waals surface area contributed by atoms with Crippen molar-refractivity contribution in [3.05, 3.63) is 73.3 Å². The molecular formula is C18H18N2. The molecule has 0 radical (unpaired) electrons. The fourth-order valence-corrected chi connectivity index (χ4v) is 1.97. The first kappa shape index (κ1) is 13.9. The lowest BCUT2D eigenvalue weighted by Gasteiger charge is -2.05. The van der Waals surface area contributed by atoms with E-state index in [1.807, 2.05) is 62.9 Å². The molecule has 3 aromatic rings. The average molecular weight is 262 g/mol. The standard InChI is InChI=1S/C16H12N2.C2H6/c1-2-15(13-4-8-17-9-5-13)12-16(3-1)14-6-10-18-11-7-14;1-2/h1-12H;1-2H3. The maximum absolute atomic E-state index is 4.04. The number of aromatic nitrogens is 2. The second-order valence-corrected chi connectivity index (χ2v) is 4.05. The van der Waals surface area contributed by atoms with Crippen LogP contribution in [0.2, 0.25) is 0 Å². The first-order valence-corrected chi connectivity index (χ1v) is 6.84. The van der Waals surface area contributed by atoms with E-state index in [1.165, 1.54) is 22.3 Å². The van der Waals surface area contributed by atoms with Crippen LogP contribution in [0.1, 0.15) is 13.8 Å². The molecular weight excluding hydrogens is 244 g/mol. The Morgan fingerprint density at radius 3 is 1.35 bits per heavy atom. The van der Waals surface area contributed by atoms with Crippen molar-refractivity contribution < 1.29 is 0 Å². The first-order valence-electron chi connectivity index (χ1n) is 6.84. The molecule has 0 aliphatic heterocycles. The molecule has 0 bridgehead atoms. The van der Waals surface area contributed by atoms with Gasteiger partial charge in [0.25, 0.3) is 0 Å². The number of pyridine rings is 2. The van der Waals surface area contributed by atoms with Gasteiger partial charge >= 0.3 is 0 Å². The number of rotatable bonds is 2. The van der Waals surface area contributed by atoms with Crippen molar-refractivity contribution in [1.29, 1.82) is 0 Å². The van der Waals surface area contributed by atoms with Crippen molar-refractivity contribution in [3.63, 3.8) is 0 Å². The van der Waals surface area contributed by atoms with Crippen LogP contribution in [0.3, 0.4) is 0 Å². The molecule has 0 saturated carbocycles. The van der Waals surface area contributed by atoms with Crippen LogP contribution >= 0.6 is 0 Å². The smallest absolute Gasteiger partial charge is 0.0273 e. The molecule has 0 N–H and O–H groups in total. The lowest BCUT2D eigenvalue weighted by Crippen LogP contribution is -1.82.